The van der Waals surface area contributed by atoms with E-state index < -0.39 is 0 Å². The van der Waals surface area contributed by atoms with E-state index in [1.807, 2.05) is 0 Å². The molecular formula is C16H21IN2. The molecule has 2 atom stereocenters. The molecule has 1 N–H and O–H groups in total. The maximum atomic E-state index is 3.45. The summed E-state index contributed by atoms with van der Waals surface area (Å²) in [7, 11) is 4.38. The van der Waals surface area contributed by atoms with E-state index in [1.165, 1.54) is 45.8 Å². The molecule has 3 heteroatoms. The molecule has 2 nitrogen and oxygen atoms in total. The van der Waals surface area contributed by atoms with Gasteiger partial charge in [-0.3, -0.25) is 0 Å². The quantitative estimate of drug-likeness (QED) is 0.804. The third-order valence-corrected chi connectivity index (χ3v) is 5.00. The Kier molecular flexibility index (Phi) is 3.85. The van der Waals surface area contributed by atoms with Gasteiger partial charge in [-0.15, -0.1) is 0 Å². The third kappa shape index (κ3) is 2.68. The van der Waals surface area contributed by atoms with Crippen LogP contribution in [0.2, 0.25) is 0 Å². The molecule has 3 rings (SSSR count). The summed E-state index contributed by atoms with van der Waals surface area (Å²) in [5.41, 5.74) is 2.82. The first-order valence-corrected chi connectivity index (χ1v) is 8.14. The minimum Gasteiger partial charge on any atom is -0.361 e. The van der Waals surface area contributed by atoms with Crippen LogP contribution in [-0.4, -0.2) is 30.5 Å². The summed E-state index contributed by atoms with van der Waals surface area (Å²) < 4.78 is 1.33. The smallest absolute Gasteiger partial charge is 0.0457 e. The molecule has 0 unspecified atom stereocenters. The van der Waals surface area contributed by atoms with Crippen LogP contribution in [0.1, 0.15) is 30.7 Å². The van der Waals surface area contributed by atoms with Crippen LogP contribution in [0.25, 0.3) is 10.9 Å². The molecule has 1 aromatic heterocycles. The minimum absolute atomic E-state index is 0.731. The Morgan fingerprint density at radius 3 is 2.95 bits per heavy atom. The second-order valence-electron chi connectivity index (χ2n) is 5.99. The first kappa shape index (κ1) is 13.4. The van der Waals surface area contributed by atoms with Crippen LogP contribution >= 0.6 is 22.6 Å². The van der Waals surface area contributed by atoms with Gasteiger partial charge in [0.25, 0.3) is 0 Å². The number of fused-ring (bicyclic) bond motifs is 1. The van der Waals surface area contributed by atoms with Crippen LogP contribution in [0.3, 0.4) is 0 Å². The van der Waals surface area contributed by atoms with Gasteiger partial charge in [0.1, 0.15) is 0 Å². The SMILES string of the molecule is CN(C)C[C@@H]1CCC[C@H]1c1c[nH]c2ccc(I)cc12. The number of nitrogens with zero attached hydrogens (tertiary/aromatic N) is 1. The summed E-state index contributed by atoms with van der Waals surface area (Å²) in [6, 6.07) is 6.71. The molecule has 0 saturated heterocycles. The van der Waals surface area contributed by atoms with Gasteiger partial charge < -0.3 is 9.88 Å². The second kappa shape index (κ2) is 5.44. The highest BCUT2D eigenvalue weighted by Crippen LogP contribution is 2.42. The summed E-state index contributed by atoms with van der Waals surface area (Å²) in [5.74, 6) is 1.54. The van der Waals surface area contributed by atoms with Crippen molar-refractivity contribution < 1.29 is 0 Å². The van der Waals surface area contributed by atoms with Crippen molar-refractivity contribution in [1.29, 1.82) is 0 Å². The van der Waals surface area contributed by atoms with Gasteiger partial charge in [-0.05, 0) is 85.1 Å². The number of halogens is 1. The monoisotopic (exact) mass is 368 g/mol. The van der Waals surface area contributed by atoms with Gasteiger partial charge >= 0.3 is 0 Å². The first-order chi connectivity index (χ1) is 9.15. The van der Waals surface area contributed by atoms with Gasteiger partial charge in [0.15, 0.2) is 0 Å². The largest absolute Gasteiger partial charge is 0.361 e. The zero-order valence-electron chi connectivity index (χ0n) is 11.6. The average Bonchev–Trinajstić information content (AvgIpc) is 2.94. The Hall–Kier alpha value is -0.550. The molecule has 1 fully saturated rings. The number of benzene rings is 1. The summed E-state index contributed by atoms with van der Waals surface area (Å²) in [5, 5.41) is 1.43. The van der Waals surface area contributed by atoms with Crippen molar-refractivity contribution in [2.45, 2.75) is 25.2 Å². The molecule has 1 heterocycles. The van der Waals surface area contributed by atoms with E-state index in [9.17, 15) is 0 Å². The Balaban J connectivity index is 1.96. The number of H-pyrrole nitrogens is 1. The molecule has 102 valence electrons. The van der Waals surface area contributed by atoms with Crippen molar-refractivity contribution in [3.8, 4) is 0 Å². The van der Waals surface area contributed by atoms with Crippen molar-refractivity contribution in [3.63, 3.8) is 0 Å². The second-order valence-corrected chi connectivity index (χ2v) is 7.24. The molecule has 2 aromatic rings. The van der Waals surface area contributed by atoms with E-state index in [0.29, 0.717) is 0 Å². The van der Waals surface area contributed by atoms with E-state index in [-0.39, 0.29) is 0 Å². The predicted octanol–water partition coefficient (Wildman–Crippen LogP) is 4.22. The summed E-state index contributed by atoms with van der Waals surface area (Å²) in [6.45, 7) is 1.21. The molecule has 0 amide bonds. The standard InChI is InChI=1S/C16H21IN2/c1-19(2)10-11-4-3-5-13(11)15-9-18-16-7-6-12(17)8-14(15)16/h6-9,11,13,18H,3-5,10H2,1-2H3/t11-,13+/m0/s1. The van der Waals surface area contributed by atoms with Gasteiger partial charge in [-0.25, -0.2) is 0 Å². The average molecular weight is 368 g/mol. The van der Waals surface area contributed by atoms with Crippen LogP contribution in [0.4, 0.5) is 0 Å². The van der Waals surface area contributed by atoms with Crippen LogP contribution in [0.15, 0.2) is 24.4 Å². The van der Waals surface area contributed by atoms with Gasteiger partial charge in [0.05, 0.1) is 0 Å². The van der Waals surface area contributed by atoms with Crippen LogP contribution in [0, 0.1) is 9.49 Å². The third-order valence-electron chi connectivity index (χ3n) is 4.33. The van der Waals surface area contributed by atoms with Gasteiger partial charge in [-0.2, -0.15) is 0 Å². The highest BCUT2D eigenvalue weighted by Gasteiger charge is 2.30. The van der Waals surface area contributed by atoms with Crippen molar-refractivity contribution in [2.75, 3.05) is 20.6 Å². The molecule has 19 heavy (non-hydrogen) atoms. The minimum atomic E-state index is 0.731. The molecule has 1 aliphatic carbocycles. The van der Waals surface area contributed by atoms with Gasteiger partial charge in [0.2, 0.25) is 0 Å². The molecule has 1 saturated carbocycles. The lowest BCUT2D eigenvalue weighted by Crippen LogP contribution is -2.23. The molecular weight excluding hydrogens is 347 g/mol. The highest BCUT2D eigenvalue weighted by atomic mass is 127. The first-order valence-electron chi connectivity index (χ1n) is 7.06. The van der Waals surface area contributed by atoms with Crippen LogP contribution in [-0.2, 0) is 0 Å². The van der Waals surface area contributed by atoms with Gasteiger partial charge in [-0.1, -0.05) is 6.42 Å². The number of rotatable bonds is 3. The maximum absolute atomic E-state index is 3.45. The zero-order chi connectivity index (χ0) is 13.4. The number of aromatic nitrogens is 1. The van der Waals surface area contributed by atoms with Crippen molar-refractivity contribution in [3.05, 3.63) is 33.5 Å². The fraction of sp³-hybridized carbons (Fsp3) is 0.500. The molecule has 0 spiro atoms. The fourth-order valence-corrected chi connectivity index (χ4v) is 4.05. The lowest BCUT2D eigenvalue weighted by atomic mass is 9.88. The number of nitrogens with one attached hydrogen (secondary N) is 1. The van der Waals surface area contributed by atoms with Crippen LogP contribution < -0.4 is 0 Å². The van der Waals surface area contributed by atoms with Crippen molar-refractivity contribution in [1.82, 2.24) is 9.88 Å². The highest BCUT2D eigenvalue weighted by molar-refractivity contribution is 14.1. The molecule has 1 aliphatic rings. The summed E-state index contributed by atoms with van der Waals surface area (Å²) in [6.07, 6.45) is 6.34. The molecule has 0 bridgehead atoms. The Morgan fingerprint density at radius 2 is 2.16 bits per heavy atom. The Labute approximate surface area is 128 Å². The lowest BCUT2D eigenvalue weighted by Gasteiger charge is -2.23. The molecule has 1 aromatic carbocycles. The van der Waals surface area contributed by atoms with E-state index in [1.54, 1.807) is 0 Å². The summed E-state index contributed by atoms with van der Waals surface area (Å²) >= 11 is 2.41. The molecule has 0 aliphatic heterocycles. The number of hydrogen-bond donors (Lipinski definition) is 1. The number of aromatic amines is 1. The van der Waals surface area contributed by atoms with E-state index >= 15 is 0 Å². The zero-order valence-corrected chi connectivity index (χ0v) is 13.8. The predicted molar refractivity (Wildman–Crippen MR) is 89.7 cm³/mol. The van der Waals surface area contributed by atoms with E-state index in [2.05, 4.69) is 71.0 Å². The maximum Gasteiger partial charge on any atom is 0.0457 e. The number of hydrogen-bond acceptors (Lipinski definition) is 1. The van der Waals surface area contributed by atoms with Crippen LogP contribution in [0.5, 0.6) is 0 Å². The Morgan fingerprint density at radius 1 is 1.32 bits per heavy atom. The fourth-order valence-electron chi connectivity index (χ4n) is 3.56. The van der Waals surface area contributed by atoms with Crippen molar-refractivity contribution >= 4 is 33.5 Å². The van der Waals surface area contributed by atoms with E-state index in [0.717, 1.165) is 11.8 Å². The van der Waals surface area contributed by atoms with Gasteiger partial charge in [0, 0.05) is 27.2 Å². The lowest BCUT2D eigenvalue weighted by molar-refractivity contribution is 0.310. The normalized spacial score (nSPS) is 23.6. The van der Waals surface area contributed by atoms with E-state index in [4.69, 9.17) is 0 Å². The topological polar surface area (TPSA) is 19.0 Å². The van der Waals surface area contributed by atoms with Crippen molar-refractivity contribution in [2.24, 2.45) is 5.92 Å². The molecule has 0 radical (unpaired) electrons. The Bertz CT molecular complexity index is 573. The summed E-state index contributed by atoms with van der Waals surface area (Å²) in [4.78, 5) is 5.78.